The number of benzene rings is 3. The lowest BCUT2D eigenvalue weighted by molar-refractivity contribution is 0.251. The van der Waals surface area contributed by atoms with Crippen molar-refractivity contribution < 1.29 is 19.2 Å². The Morgan fingerprint density at radius 3 is 1.24 bits per heavy atom. The van der Waals surface area contributed by atoms with Gasteiger partial charge in [-0.25, -0.2) is 19.2 Å². The quantitative estimate of drug-likeness (QED) is 0.124. The van der Waals surface area contributed by atoms with Gasteiger partial charge in [0.05, 0.1) is 22.7 Å². The van der Waals surface area contributed by atoms with E-state index >= 15 is 0 Å². The van der Waals surface area contributed by atoms with Crippen molar-refractivity contribution in [3.63, 3.8) is 0 Å². The van der Waals surface area contributed by atoms with Crippen molar-refractivity contribution in [3.8, 4) is 0 Å². The van der Waals surface area contributed by atoms with Crippen LogP contribution in [-0.4, -0.2) is 37.7 Å². The van der Waals surface area contributed by atoms with Gasteiger partial charge in [0.2, 0.25) is 0 Å². The zero-order valence-corrected chi connectivity index (χ0v) is 26.7. The third kappa shape index (κ3) is 10.2. The van der Waals surface area contributed by atoms with Gasteiger partial charge >= 0.3 is 24.1 Å². The molecule has 0 unspecified atom stereocenters. The summed E-state index contributed by atoms with van der Waals surface area (Å²) in [7, 11) is 1.51. The average Bonchev–Trinajstić information content (AvgIpc) is 3.00. The van der Waals surface area contributed by atoms with Crippen LogP contribution < -0.4 is 42.5 Å². The van der Waals surface area contributed by atoms with Gasteiger partial charge in [0.1, 0.15) is 0 Å². The number of hydrogen-bond donors (Lipinski definition) is 8. The number of amides is 8. The Kier molecular flexibility index (Phi) is 12.6. The van der Waals surface area contributed by atoms with Crippen molar-refractivity contribution in [2.24, 2.45) is 0 Å². The van der Waals surface area contributed by atoms with E-state index < -0.39 is 18.1 Å². The summed E-state index contributed by atoms with van der Waals surface area (Å²) in [5.74, 6) is 0.387. The van der Waals surface area contributed by atoms with Crippen molar-refractivity contribution in [3.05, 3.63) is 82.9 Å². The number of nitrogens with one attached hydrogen (secondary N) is 8. The van der Waals surface area contributed by atoms with Crippen LogP contribution in [0.3, 0.4) is 0 Å². The summed E-state index contributed by atoms with van der Waals surface area (Å²) in [6, 6.07) is 16.4. The summed E-state index contributed by atoms with van der Waals surface area (Å²) < 4.78 is 0. The molecule has 12 heteroatoms. The third-order valence-electron chi connectivity index (χ3n) is 6.94. The van der Waals surface area contributed by atoms with Crippen LogP contribution in [0.4, 0.5) is 41.9 Å². The summed E-state index contributed by atoms with van der Waals surface area (Å²) in [6.45, 7) is 11.2. The van der Waals surface area contributed by atoms with E-state index in [-0.39, 0.29) is 31.0 Å². The van der Waals surface area contributed by atoms with Crippen LogP contribution in [0.1, 0.15) is 68.7 Å². The van der Waals surface area contributed by atoms with Crippen LogP contribution in [0.25, 0.3) is 0 Å². The van der Waals surface area contributed by atoms with Gasteiger partial charge in [-0.2, -0.15) is 0 Å². The van der Waals surface area contributed by atoms with E-state index in [2.05, 4.69) is 76.3 Å². The molecule has 45 heavy (non-hydrogen) atoms. The Morgan fingerprint density at radius 1 is 0.556 bits per heavy atom. The van der Waals surface area contributed by atoms with E-state index in [1.54, 1.807) is 48.5 Å². The fourth-order valence-electron chi connectivity index (χ4n) is 4.71. The molecule has 0 saturated carbocycles. The first-order valence-electron chi connectivity index (χ1n) is 15.0. The fraction of sp³-hybridized carbons (Fsp3) is 0.333. The Balaban J connectivity index is 1.74. The maximum atomic E-state index is 12.9. The molecule has 0 aliphatic carbocycles. The molecule has 0 bridgehead atoms. The lowest BCUT2D eigenvalue weighted by Gasteiger charge is -2.22. The molecular weight excluding hydrogens is 572 g/mol. The summed E-state index contributed by atoms with van der Waals surface area (Å²) in [6.07, 6.45) is 0. The lowest BCUT2D eigenvalue weighted by Crippen LogP contribution is -2.31. The van der Waals surface area contributed by atoms with Crippen LogP contribution in [0.5, 0.6) is 0 Å². The Hall–Kier alpha value is -5.26. The van der Waals surface area contributed by atoms with Crippen molar-refractivity contribution >= 4 is 46.9 Å². The number of para-hydroxylation sites is 4. The highest BCUT2D eigenvalue weighted by atomic mass is 16.2. The van der Waals surface area contributed by atoms with Gasteiger partial charge in [-0.15, -0.1) is 0 Å². The van der Waals surface area contributed by atoms with E-state index in [1.165, 1.54) is 7.05 Å². The normalized spacial score (nSPS) is 10.6. The van der Waals surface area contributed by atoms with Crippen molar-refractivity contribution in [1.82, 2.24) is 21.3 Å². The molecule has 0 saturated heterocycles. The molecule has 8 N–H and O–H groups in total. The molecule has 240 valence electrons. The van der Waals surface area contributed by atoms with E-state index in [9.17, 15) is 19.2 Å². The second-order valence-electron chi connectivity index (χ2n) is 11.0. The minimum atomic E-state index is -0.428. The molecule has 3 rings (SSSR count). The summed E-state index contributed by atoms with van der Waals surface area (Å²) in [4.78, 5) is 49.7. The number of hydrogen-bond acceptors (Lipinski definition) is 4. The zero-order valence-electron chi connectivity index (χ0n) is 26.7. The summed E-state index contributed by atoms with van der Waals surface area (Å²) >= 11 is 0. The molecule has 0 heterocycles. The first kappa shape index (κ1) is 34.2. The van der Waals surface area contributed by atoms with E-state index in [0.29, 0.717) is 29.3 Å². The topological polar surface area (TPSA) is 165 Å². The van der Waals surface area contributed by atoms with Gasteiger partial charge in [0.15, 0.2) is 0 Å². The molecule has 3 aromatic rings. The molecule has 3 aromatic carbocycles. The van der Waals surface area contributed by atoms with Crippen molar-refractivity contribution in [2.75, 3.05) is 34.9 Å². The van der Waals surface area contributed by atoms with Crippen molar-refractivity contribution in [2.45, 2.75) is 59.5 Å². The number of carbonyl (C=O) groups excluding carboxylic acids is 4. The van der Waals surface area contributed by atoms with Crippen molar-refractivity contribution in [1.29, 1.82) is 0 Å². The van der Waals surface area contributed by atoms with Crippen LogP contribution in [0.15, 0.2) is 60.7 Å². The molecule has 0 aliphatic rings. The first-order valence-corrected chi connectivity index (χ1v) is 15.0. The molecule has 0 aromatic heterocycles. The maximum Gasteiger partial charge on any atom is 0.319 e. The molecule has 0 aliphatic heterocycles. The second kappa shape index (κ2) is 16.6. The predicted molar refractivity (Wildman–Crippen MR) is 180 cm³/mol. The largest absolute Gasteiger partial charge is 0.341 e. The highest BCUT2D eigenvalue weighted by Crippen LogP contribution is 2.29. The molecule has 0 fully saturated rings. The molecule has 0 radical (unpaired) electrons. The number of rotatable bonds is 11. The monoisotopic (exact) mass is 616 g/mol. The Morgan fingerprint density at radius 2 is 0.911 bits per heavy atom. The fourth-order valence-corrected chi connectivity index (χ4v) is 4.71. The smallest absolute Gasteiger partial charge is 0.319 e. The molecular formula is C33H44N8O4. The highest BCUT2D eigenvalue weighted by Gasteiger charge is 2.17. The van der Waals surface area contributed by atoms with Gasteiger partial charge in [0.25, 0.3) is 0 Å². The zero-order chi connectivity index (χ0) is 32.9. The number of carbonyl (C=O) groups is 4. The maximum absolute atomic E-state index is 12.9. The predicted octanol–water partition coefficient (Wildman–Crippen LogP) is 6.47. The van der Waals surface area contributed by atoms with Crippen LogP contribution in [-0.2, 0) is 13.1 Å². The average molecular weight is 617 g/mol. The third-order valence-corrected chi connectivity index (χ3v) is 6.94. The van der Waals surface area contributed by atoms with E-state index in [1.807, 2.05) is 13.0 Å². The van der Waals surface area contributed by atoms with Gasteiger partial charge in [-0.05, 0) is 65.3 Å². The van der Waals surface area contributed by atoms with Gasteiger partial charge < -0.3 is 42.5 Å². The standard InChI is InChI=1S/C33H44N8O4/c1-7-35-31(43)39-28-14-10-11-15-29(28)41-33(45)37-19-23-16-22(24(20(2)3)17-25(23)21(4)5)18-36-32(44)40-27-13-9-8-12-26(27)38-30(42)34-6/h8-17,20-21H,7,18-19H2,1-6H3,(H2,34,38,42)(H2,35,39,43)(H2,36,40,44)(H2,37,41,45). The van der Waals surface area contributed by atoms with Gasteiger partial charge in [0, 0.05) is 26.7 Å². The summed E-state index contributed by atoms with van der Waals surface area (Å²) in [5.41, 5.74) is 5.90. The minimum absolute atomic E-state index is 0.194. The minimum Gasteiger partial charge on any atom is -0.341 e. The van der Waals surface area contributed by atoms with Crippen LogP contribution in [0.2, 0.25) is 0 Å². The number of anilines is 4. The SMILES string of the molecule is CCNC(=O)Nc1ccccc1NC(=O)NCc1cc(CNC(=O)Nc2ccccc2NC(=O)NC)c(C(C)C)cc1C(C)C. The first-order chi connectivity index (χ1) is 21.5. The summed E-state index contributed by atoms with van der Waals surface area (Å²) in [5, 5.41) is 22.1. The lowest BCUT2D eigenvalue weighted by atomic mass is 9.87. The van der Waals surface area contributed by atoms with Crippen LogP contribution >= 0.6 is 0 Å². The second-order valence-corrected chi connectivity index (χ2v) is 11.0. The number of urea groups is 4. The molecule has 0 spiro atoms. The Bertz CT molecular complexity index is 1510. The molecule has 8 amide bonds. The van der Waals surface area contributed by atoms with E-state index in [4.69, 9.17) is 0 Å². The van der Waals surface area contributed by atoms with Gasteiger partial charge in [-0.3, -0.25) is 0 Å². The molecule has 12 nitrogen and oxygen atoms in total. The highest BCUT2D eigenvalue weighted by molar-refractivity contribution is 5.99. The van der Waals surface area contributed by atoms with E-state index in [0.717, 1.165) is 22.3 Å². The van der Waals surface area contributed by atoms with Crippen LogP contribution in [0, 0.1) is 0 Å². The Labute approximate surface area is 264 Å². The molecule has 0 atom stereocenters. The van der Waals surface area contributed by atoms with Gasteiger partial charge in [-0.1, -0.05) is 64.1 Å².